The summed E-state index contributed by atoms with van der Waals surface area (Å²) < 4.78 is 0. The number of rotatable bonds is 3. The van der Waals surface area contributed by atoms with Gasteiger partial charge in [0.15, 0.2) is 5.78 Å². The first-order valence-corrected chi connectivity index (χ1v) is 7.10. The summed E-state index contributed by atoms with van der Waals surface area (Å²) in [5.74, 6) is -0.378. The van der Waals surface area contributed by atoms with Gasteiger partial charge >= 0.3 is 0 Å². The number of amides is 1. The third kappa shape index (κ3) is 2.66. The maximum Gasteiger partial charge on any atom is 0.235 e. The van der Waals surface area contributed by atoms with Crippen molar-refractivity contribution in [3.63, 3.8) is 0 Å². The van der Waals surface area contributed by atoms with Crippen molar-refractivity contribution in [3.8, 4) is 0 Å². The standard InChI is InChI=1S/C15H18ClNO2/c1-11-6-5-9-15(14(11)19,17-13(18)10-16)12-7-3-2-4-8-12/h2-4,7-8,11H,5-6,9-10H2,1H3,(H,17,18). The van der Waals surface area contributed by atoms with Gasteiger partial charge in [-0.25, -0.2) is 0 Å². The molecule has 1 fully saturated rings. The van der Waals surface area contributed by atoms with Crippen molar-refractivity contribution in [2.45, 2.75) is 31.7 Å². The van der Waals surface area contributed by atoms with Crippen LogP contribution in [0.3, 0.4) is 0 Å². The minimum Gasteiger partial charge on any atom is -0.339 e. The average Bonchev–Trinajstić information content (AvgIpc) is 2.45. The molecule has 102 valence electrons. The molecule has 1 aliphatic carbocycles. The minimum absolute atomic E-state index is 0.0374. The number of carbonyl (C=O) groups is 2. The molecule has 1 aromatic rings. The molecule has 2 unspecified atom stereocenters. The second kappa shape index (κ2) is 5.74. The van der Waals surface area contributed by atoms with Crippen LogP contribution in [0.1, 0.15) is 31.7 Å². The predicted octanol–water partition coefficient (Wildman–Crippen LogP) is 2.63. The normalized spacial score (nSPS) is 27.1. The topological polar surface area (TPSA) is 46.2 Å². The van der Waals surface area contributed by atoms with Crippen molar-refractivity contribution in [2.24, 2.45) is 5.92 Å². The Morgan fingerprint density at radius 3 is 2.74 bits per heavy atom. The molecule has 0 radical (unpaired) electrons. The van der Waals surface area contributed by atoms with E-state index in [4.69, 9.17) is 11.6 Å². The SMILES string of the molecule is CC1CCCC(NC(=O)CCl)(c2ccccc2)C1=O. The first-order valence-electron chi connectivity index (χ1n) is 6.57. The monoisotopic (exact) mass is 279 g/mol. The van der Waals surface area contributed by atoms with E-state index >= 15 is 0 Å². The summed E-state index contributed by atoms with van der Waals surface area (Å²) >= 11 is 5.58. The van der Waals surface area contributed by atoms with Gasteiger partial charge in [-0.2, -0.15) is 0 Å². The number of ketones is 1. The molecule has 4 heteroatoms. The van der Waals surface area contributed by atoms with Gasteiger partial charge in [0.1, 0.15) is 11.4 Å². The summed E-state index contributed by atoms with van der Waals surface area (Å²) in [6, 6.07) is 9.46. The smallest absolute Gasteiger partial charge is 0.235 e. The predicted molar refractivity (Wildman–Crippen MR) is 75.0 cm³/mol. The van der Waals surface area contributed by atoms with Crippen LogP contribution in [0.2, 0.25) is 0 Å². The van der Waals surface area contributed by atoms with E-state index in [0.717, 1.165) is 18.4 Å². The van der Waals surface area contributed by atoms with E-state index in [1.165, 1.54) is 0 Å². The highest BCUT2D eigenvalue weighted by Gasteiger charge is 2.45. The Kier molecular flexibility index (Phi) is 4.25. The fraction of sp³-hybridized carbons (Fsp3) is 0.467. The van der Waals surface area contributed by atoms with Gasteiger partial charge in [0, 0.05) is 5.92 Å². The van der Waals surface area contributed by atoms with Gasteiger partial charge in [-0.1, -0.05) is 37.3 Å². The lowest BCUT2D eigenvalue weighted by Crippen LogP contribution is -2.55. The maximum absolute atomic E-state index is 12.6. The van der Waals surface area contributed by atoms with E-state index in [2.05, 4.69) is 5.32 Å². The second-order valence-corrected chi connectivity index (χ2v) is 5.38. The number of nitrogens with one attached hydrogen (secondary N) is 1. The zero-order valence-electron chi connectivity index (χ0n) is 11.0. The maximum atomic E-state index is 12.6. The number of Topliss-reactive ketones (excluding diaryl/α,β-unsaturated/α-hetero) is 1. The van der Waals surface area contributed by atoms with Crippen LogP contribution in [0.25, 0.3) is 0 Å². The van der Waals surface area contributed by atoms with Gasteiger partial charge in [0.2, 0.25) is 5.91 Å². The van der Waals surface area contributed by atoms with Crippen LogP contribution in [0, 0.1) is 5.92 Å². The molecule has 1 saturated carbocycles. The summed E-state index contributed by atoms with van der Waals surface area (Å²) in [6.45, 7) is 1.92. The lowest BCUT2D eigenvalue weighted by molar-refractivity contribution is -0.136. The Morgan fingerprint density at radius 2 is 2.11 bits per heavy atom. The minimum atomic E-state index is -0.898. The highest BCUT2D eigenvalue weighted by Crippen LogP contribution is 2.37. The molecule has 3 nitrogen and oxygen atoms in total. The molecule has 1 aromatic carbocycles. The Hall–Kier alpha value is -1.35. The molecular weight excluding hydrogens is 262 g/mol. The van der Waals surface area contributed by atoms with Crippen molar-refractivity contribution < 1.29 is 9.59 Å². The van der Waals surface area contributed by atoms with Crippen LogP contribution in [-0.2, 0) is 15.1 Å². The molecule has 1 aliphatic rings. The Balaban J connectivity index is 2.43. The number of hydrogen-bond donors (Lipinski definition) is 1. The second-order valence-electron chi connectivity index (χ2n) is 5.11. The quantitative estimate of drug-likeness (QED) is 0.865. The molecule has 0 aromatic heterocycles. The van der Waals surface area contributed by atoms with Crippen molar-refractivity contribution in [1.29, 1.82) is 0 Å². The molecule has 0 bridgehead atoms. The zero-order valence-corrected chi connectivity index (χ0v) is 11.7. The molecule has 0 saturated heterocycles. The lowest BCUT2D eigenvalue weighted by Gasteiger charge is -2.39. The van der Waals surface area contributed by atoms with Gasteiger partial charge < -0.3 is 5.32 Å². The van der Waals surface area contributed by atoms with Crippen LogP contribution in [-0.4, -0.2) is 17.6 Å². The van der Waals surface area contributed by atoms with Crippen molar-refractivity contribution >= 4 is 23.3 Å². The van der Waals surface area contributed by atoms with Crippen LogP contribution in [0.4, 0.5) is 0 Å². The van der Waals surface area contributed by atoms with Gasteiger partial charge in [-0.3, -0.25) is 9.59 Å². The molecule has 1 N–H and O–H groups in total. The molecular formula is C15H18ClNO2. The van der Waals surface area contributed by atoms with Crippen LogP contribution in [0.5, 0.6) is 0 Å². The highest BCUT2D eigenvalue weighted by atomic mass is 35.5. The van der Waals surface area contributed by atoms with Crippen molar-refractivity contribution in [3.05, 3.63) is 35.9 Å². The van der Waals surface area contributed by atoms with E-state index in [1.54, 1.807) is 0 Å². The molecule has 0 heterocycles. The Bertz CT molecular complexity index is 474. The number of benzene rings is 1. The largest absolute Gasteiger partial charge is 0.339 e. The lowest BCUT2D eigenvalue weighted by atomic mass is 9.71. The summed E-state index contributed by atoms with van der Waals surface area (Å²) in [5.41, 5.74) is -0.0460. The number of carbonyl (C=O) groups excluding carboxylic acids is 2. The summed E-state index contributed by atoms with van der Waals surface area (Å²) in [4.78, 5) is 24.4. The van der Waals surface area contributed by atoms with E-state index in [9.17, 15) is 9.59 Å². The molecule has 0 spiro atoms. The third-order valence-electron chi connectivity index (χ3n) is 3.80. The van der Waals surface area contributed by atoms with Gasteiger partial charge in [-0.15, -0.1) is 11.6 Å². The summed E-state index contributed by atoms with van der Waals surface area (Å²) in [5, 5.41) is 2.86. The summed E-state index contributed by atoms with van der Waals surface area (Å²) in [7, 11) is 0. The number of halogens is 1. The van der Waals surface area contributed by atoms with Crippen LogP contribution >= 0.6 is 11.6 Å². The van der Waals surface area contributed by atoms with Crippen LogP contribution < -0.4 is 5.32 Å². The van der Waals surface area contributed by atoms with E-state index in [1.807, 2.05) is 37.3 Å². The molecule has 2 rings (SSSR count). The first kappa shape index (κ1) is 14.1. The van der Waals surface area contributed by atoms with Gasteiger partial charge in [0.25, 0.3) is 0 Å². The van der Waals surface area contributed by atoms with Gasteiger partial charge in [-0.05, 0) is 24.8 Å². The van der Waals surface area contributed by atoms with Crippen molar-refractivity contribution in [2.75, 3.05) is 5.88 Å². The zero-order chi connectivity index (χ0) is 13.9. The van der Waals surface area contributed by atoms with Crippen LogP contribution in [0.15, 0.2) is 30.3 Å². The fourth-order valence-electron chi connectivity index (χ4n) is 2.83. The molecule has 1 amide bonds. The molecule has 0 aliphatic heterocycles. The fourth-order valence-corrected chi connectivity index (χ4v) is 2.89. The number of alkyl halides is 1. The summed E-state index contributed by atoms with van der Waals surface area (Å²) in [6.07, 6.45) is 2.44. The molecule has 19 heavy (non-hydrogen) atoms. The number of hydrogen-bond acceptors (Lipinski definition) is 2. The van der Waals surface area contributed by atoms with Gasteiger partial charge in [0.05, 0.1) is 0 Å². The van der Waals surface area contributed by atoms with E-state index < -0.39 is 5.54 Å². The van der Waals surface area contributed by atoms with E-state index in [-0.39, 0.29) is 23.5 Å². The van der Waals surface area contributed by atoms with Crippen molar-refractivity contribution in [1.82, 2.24) is 5.32 Å². The Morgan fingerprint density at radius 1 is 1.42 bits per heavy atom. The van der Waals surface area contributed by atoms with E-state index in [0.29, 0.717) is 6.42 Å². The highest BCUT2D eigenvalue weighted by molar-refractivity contribution is 6.27. The first-order chi connectivity index (χ1) is 9.10. The molecule has 2 atom stereocenters. The average molecular weight is 280 g/mol. The third-order valence-corrected chi connectivity index (χ3v) is 4.04. The Labute approximate surface area is 118 Å².